The summed E-state index contributed by atoms with van der Waals surface area (Å²) in [6.07, 6.45) is 0. The van der Waals surface area contributed by atoms with Crippen LogP contribution in [0.5, 0.6) is 0 Å². The van der Waals surface area contributed by atoms with Gasteiger partial charge in [0.05, 0.1) is 6.04 Å². The molecule has 2 unspecified atom stereocenters. The van der Waals surface area contributed by atoms with E-state index in [9.17, 15) is 4.79 Å². The van der Waals surface area contributed by atoms with Gasteiger partial charge in [0.15, 0.2) is 0 Å². The van der Waals surface area contributed by atoms with Crippen molar-refractivity contribution in [1.82, 2.24) is 10.6 Å². The predicted molar refractivity (Wildman–Crippen MR) is 44.2 cm³/mol. The van der Waals surface area contributed by atoms with Crippen molar-refractivity contribution < 1.29 is 4.79 Å². The molecule has 1 saturated heterocycles. The molecule has 0 radical (unpaired) electrons. The molecule has 0 aromatic rings. The Morgan fingerprint density at radius 3 is 2.45 bits per heavy atom. The summed E-state index contributed by atoms with van der Waals surface area (Å²) in [5.74, 6) is 0.656. The lowest BCUT2D eigenvalue weighted by Gasteiger charge is -2.16. The molecule has 11 heavy (non-hydrogen) atoms. The van der Waals surface area contributed by atoms with Crippen LogP contribution in [0.3, 0.4) is 0 Å². The maximum atomic E-state index is 11.1. The van der Waals surface area contributed by atoms with Crippen molar-refractivity contribution in [1.29, 1.82) is 0 Å². The number of amides is 1. The summed E-state index contributed by atoms with van der Waals surface area (Å²) >= 11 is 0. The SMILES string of the molecule is CC(C)C(C)NC(=O)C1CN1. The molecular formula is C8H16N2O. The molecule has 1 aliphatic rings. The lowest BCUT2D eigenvalue weighted by atomic mass is 10.1. The Bertz CT molecular complexity index is 152. The fraction of sp³-hybridized carbons (Fsp3) is 0.875. The third-order valence-corrected chi connectivity index (χ3v) is 2.09. The molecule has 1 amide bonds. The van der Waals surface area contributed by atoms with Crippen LogP contribution in [0, 0.1) is 5.92 Å². The molecule has 64 valence electrons. The number of hydrogen-bond donors (Lipinski definition) is 2. The topological polar surface area (TPSA) is 51.0 Å². The van der Waals surface area contributed by atoms with E-state index in [1.54, 1.807) is 0 Å². The molecule has 1 fully saturated rings. The lowest BCUT2D eigenvalue weighted by molar-refractivity contribution is -0.121. The maximum Gasteiger partial charge on any atom is 0.238 e. The van der Waals surface area contributed by atoms with Gasteiger partial charge in [0.1, 0.15) is 0 Å². The van der Waals surface area contributed by atoms with E-state index in [2.05, 4.69) is 24.5 Å². The van der Waals surface area contributed by atoms with Gasteiger partial charge in [0.25, 0.3) is 0 Å². The van der Waals surface area contributed by atoms with Crippen LogP contribution in [-0.2, 0) is 4.79 Å². The summed E-state index contributed by atoms with van der Waals surface area (Å²) in [7, 11) is 0. The third-order valence-electron chi connectivity index (χ3n) is 2.09. The van der Waals surface area contributed by atoms with Crippen molar-refractivity contribution >= 4 is 5.91 Å². The lowest BCUT2D eigenvalue weighted by Crippen LogP contribution is -2.39. The smallest absolute Gasteiger partial charge is 0.238 e. The average molecular weight is 156 g/mol. The van der Waals surface area contributed by atoms with Crippen LogP contribution in [0.4, 0.5) is 0 Å². The van der Waals surface area contributed by atoms with Crippen molar-refractivity contribution in [3.8, 4) is 0 Å². The first-order chi connectivity index (χ1) is 5.11. The molecule has 0 spiro atoms. The molecule has 1 rings (SSSR count). The summed E-state index contributed by atoms with van der Waals surface area (Å²) in [5, 5.41) is 5.91. The quantitative estimate of drug-likeness (QED) is 0.570. The van der Waals surface area contributed by atoms with Crippen LogP contribution in [-0.4, -0.2) is 24.5 Å². The molecule has 3 heteroatoms. The number of carbonyl (C=O) groups is 1. The highest BCUT2D eigenvalue weighted by Crippen LogP contribution is 2.02. The van der Waals surface area contributed by atoms with Gasteiger partial charge in [-0.3, -0.25) is 4.79 Å². The van der Waals surface area contributed by atoms with Crippen molar-refractivity contribution in [3.63, 3.8) is 0 Å². The maximum absolute atomic E-state index is 11.1. The van der Waals surface area contributed by atoms with E-state index < -0.39 is 0 Å². The van der Waals surface area contributed by atoms with Crippen molar-refractivity contribution in [3.05, 3.63) is 0 Å². The van der Waals surface area contributed by atoms with E-state index in [4.69, 9.17) is 0 Å². The van der Waals surface area contributed by atoms with Gasteiger partial charge in [0.2, 0.25) is 5.91 Å². The first-order valence-electron chi connectivity index (χ1n) is 4.15. The molecule has 0 aromatic heterocycles. The van der Waals surface area contributed by atoms with E-state index in [1.807, 2.05) is 6.92 Å². The van der Waals surface area contributed by atoms with Crippen LogP contribution in [0.25, 0.3) is 0 Å². The number of nitrogens with one attached hydrogen (secondary N) is 2. The van der Waals surface area contributed by atoms with Gasteiger partial charge >= 0.3 is 0 Å². The second-order valence-electron chi connectivity index (χ2n) is 3.50. The Balaban J connectivity index is 2.23. The van der Waals surface area contributed by atoms with Crippen LogP contribution < -0.4 is 10.6 Å². The van der Waals surface area contributed by atoms with E-state index >= 15 is 0 Å². The molecule has 3 nitrogen and oxygen atoms in total. The Kier molecular flexibility index (Phi) is 2.49. The van der Waals surface area contributed by atoms with Crippen LogP contribution in [0.1, 0.15) is 20.8 Å². The molecule has 2 N–H and O–H groups in total. The van der Waals surface area contributed by atoms with Crippen LogP contribution >= 0.6 is 0 Å². The van der Waals surface area contributed by atoms with E-state index in [0.29, 0.717) is 5.92 Å². The number of carbonyl (C=O) groups excluding carboxylic acids is 1. The van der Waals surface area contributed by atoms with Gasteiger partial charge in [-0.25, -0.2) is 0 Å². The fourth-order valence-corrected chi connectivity index (χ4v) is 0.736. The molecule has 0 saturated carbocycles. The minimum atomic E-state index is 0.0937. The molecule has 1 heterocycles. The normalized spacial score (nSPS) is 24.9. The summed E-state index contributed by atoms with van der Waals surface area (Å²) in [6, 6.07) is 0.376. The molecule has 1 aliphatic heterocycles. The third kappa shape index (κ3) is 2.50. The average Bonchev–Trinajstić information content (AvgIpc) is 2.67. The molecule has 0 aromatic carbocycles. The Morgan fingerprint density at radius 1 is 1.55 bits per heavy atom. The summed E-state index contributed by atoms with van der Waals surface area (Å²) in [6.45, 7) is 7.08. The van der Waals surface area contributed by atoms with Gasteiger partial charge in [-0.15, -0.1) is 0 Å². The monoisotopic (exact) mass is 156 g/mol. The highest BCUT2D eigenvalue weighted by Gasteiger charge is 2.29. The Labute approximate surface area is 67.5 Å². The van der Waals surface area contributed by atoms with Gasteiger partial charge in [-0.05, 0) is 12.8 Å². The summed E-state index contributed by atoms with van der Waals surface area (Å²) < 4.78 is 0. The van der Waals surface area contributed by atoms with Gasteiger partial charge in [-0.2, -0.15) is 0 Å². The molecule has 2 atom stereocenters. The zero-order valence-electron chi connectivity index (χ0n) is 7.35. The van der Waals surface area contributed by atoms with Crippen LogP contribution in [0.15, 0.2) is 0 Å². The Hall–Kier alpha value is -0.570. The molecular weight excluding hydrogens is 140 g/mol. The highest BCUT2D eigenvalue weighted by molar-refractivity contribution is 5.84. The van der Waals surface area contributed by atoms with Crippen molar-refractivity contribution in [2.75, 3.05) is 6.54 Å². The fourth-order valence-electron chi connectivity index (χ4n) is 0.736. The molecule has 0 bridgehead atoms. The first-order valence-corrected chi connectivity index (χ1v) is 4.15. The minimum Gasteiger partial charge on any atom is -0.352 e. The van der Waals surface area contributed by atoms with Crippen molar-refractivity contribution in [2.24, 2.45) is 5.92 Å². The number of rotatable bonds is 3. The summed E-state index contributed by atoms with van der Waals surface area (Å²) in [5.41, 5.74) is 0. The van der Waals surface area contributed by atoms with E-state index in [1.165, 1.54) is 0 Å². The second kappa shape index (κ2) is 3.22. The van der Waals surface area contributed by atoms with E-state index in [0.717, 1.165) is 6.54 Å². The van der Waals surface area contributed by atoms with Crippen molar-refractivity contribution in [2.45, 2.75) is 32.9 Å². The Morgan fingerprint density at radius 2 is 2.09 bits per heavy atom. The van der Waals surface area contributed by atoms with Gasteiger partial charge < -0.3 is 10.6 Å². The van der Waals surface area contributed by atoms with Gasteiger partial charge in [0, 0.05) is 12.6 Å². The highest BCUT2D eigenvalue weighted by atomic mass is 16.2. The zero-order chi connectivity index (χ0) is 8.43. The second-order valence-corrected chi connectivity index (χ2v) is 3.50. The largest absolute Gasteiger partial charge is 0.352 e. The zero-order valence-corrected chi connectivity index (χ0v) is 7.35. The minimum absolute atomic E-state index is 0.0937. The summed E-state index contributed by atoms with van der Waals surface area (Å²) in [4.78, 5) is 11.1. The van der Waals surface area contributed by atoms with Gasteiger partial charge in [-0.1, -0.05) is 13.8 Å². The number of hydrogen-bond acceptors (Lipinski definition) is 2. The molecule has 0 aliphatic carbocycles. The first kappa shape index (κ1) is 8.53. The standard InChI is InChI=1S/C8H16N2O/c1-5(2)6(3)10-8(11)7-4-9-7/h5-7,9H,4H2,1-3H3,(H,10,11). The van der Waals surface area contributed by atoms with Crippen LogP contribution in [0.2, 0.25) is 0 Å². The van der Waals surface area contributed by atoms with E-state index in [-0.39, 0.29) is 18.0 Å². The predicted octanol–water partition coefficient (Wildman–Crippen LogP) is 0.119.